The van der Waals surface area contributed by atoms with Crippen LogP contribution in [0.1, 0.15) is 32.4 Å². The smallest absolute Gasteiger partial charge is 0.283 e. The van der Waals surface area contributed by atoms with E-state index in [1.54, 1.807) is 12.1 Å². The van der Waals surface area contributed by atoms with Crippen LogP contribution in [-0.2, 0) is 0 Å². The van der Waals surface area contributed by atoms with Gasteiger partial charge in [-0.05, 0) is 33.0 Å². The molecule has 1 aromatic rings. The van der Waals surface area contributed by atoms with Gasteiger partial charge < -0.3 is 5.32 Å². The Morgan fingerprint density at radius 1 is 1.33 bits per heavy atom. The molecule has 0 aromatic heterocycles. The Morgan fingerprint density at radius 3 is 2.48 bits per heavy atom. The number of nitro benzene ring substituents is 1. The second-order valence-electron chi connectivity index (χ2n) is 6.52. The van der Waals surface area contributed by atoms with Gasteiger partial charge in [0.05, 0.1) is 9.40 Å². The lowest BCUT2D eigenvalue weighted by molar-refractivity contribution is -0.385. The molecule has 0 spiro atoms. The van der Waals surface area contributed by atoms with E-state index in [1.165, 1.54) is 0 Å². The summed E-state index contributed by atoms with van der Waals surface area (Å²) in [4.78, 5) is 13.3. The van der Waals surface area contributed by atoms with Gasteiger partial charge in [0.2, 0.25) is 0 Å². The Balaban J connectivity index is 2.41. The number of nitro groups is 1. The van der Waals surface area contributed by atoms with Crippen molar-refractivity contribution in [3.8, 4) is 0 Å². The Morgan fingerprint density at radius 2 is 1.95 bits per heavy atom. The molecule has 0 radical (unpaired) electrons. The van der Waals surface area contributed by atoms with Crippen LogP contribution in [0.5, 0.6) is 0 Å². The summed E-state index contributed by atoms with van der Waals surface area (Å²) in [7, 11) is 0. The highest BCUT2D eigenvalue weighted by atomic mass is 79.9. The van der Waals surface area contributed by atoms with Crippen LogP contribution in [0.3, 0.4) is 0 Å². The van der Waals surface area contributed by atoms with Crippen molar-refractivity contribution in [2.45, 2.75) is 26.8 Å². The van der Waals surface area contributed by atoms with Crippen molar-refractivity contribution in [1.29, 1.82) is 0 Å². The minimum Gasteiger partial charge on any atom is -0.314 e. The second kappa shape index (κ2) is 6.42. The molecule has 116 valence electrons. The number of benzene rings is 1. The third kappa shape index (κ3) is 3.81. The predicted octanol–water partition coefficient (Wildman–Crippen LogP) is 3.35. The SMILES string of the molecule is CC(C)(C)[C@H](c1ccc(Br)c([N+](=O)[O-])c1)N1CCNCC1. The fourth-order valence-electron chi connectivity index (χ4n) is 3.04. The van der Waals surface area contributed by atoms with Crippen LogP contribution in [-0.4, -0.2) is 36.0 Å². The van der Waals surface area contributed by atoms with Gasteiger partial charge in [-0.15, -0.1) is 0 Å². The van der Waals surface area contributed by atoms with E-state index in [0.717, 1.165) is 31.7 Å². The van der Waals surface area contributed by atoms with Gasteiger partial charge in [0, 0.05) is 38.3 Å². The molecule has 1 aliphatic rings. The normalized spacial score (nSPS) is 18.5. The van der Waals surface area contributed by atoms with E-state index in [4.69, 9.17) is 0 Å². The van der Waals surface area contributed by atoms with E-state index in [0.29, 0.717) is 4.47 Å². The van der Waals surface area contributed by atoms with Gasteiger partial charge in [0.25, 0.3) is 5.69 Å². The summed E-state index contributed by atoms with van der Waals surface area (Å²) in [5.41, 5.74) is 1.16. The van der Waals surface area contributed by atoms with E-state index in [1.807, 2.05) is 6.07 Å². The van der Waals surface area contributed by atoms with Crippen molar-refractivity contribution in [3.63, 3.8) is 0 Å². The van der Waals surface area contributed by atoms with Gasteiger partial charge in [-0.2, -0.15) is 0 Å². The summed E-state index contributed by atoms with van der Waals surface area (Å²) >= 11 is 3.26. The van der Waals surface area contributed by atoms with Crippen LogP contribution in [0.25, 0.3) is 0 Å². The Labute approximate surface area is 134 Å². The summed E-state index contributed by atoms with van der Waals surface area (Å²) in [5, 5.41) is 14.5. The molecule has 21 heavy (non-hydrogen) atoms. The Kier molecular flexibility index (Phi) is 5.01. The van der Waals surface area contributed by atoms with Crippen LogP contribution in [0.2, 0.25) is 0 Å². The zero-order valence-corrected chi connectivity index (χ0v) is 14.3. The zero-order valence-electron chi connectivity index (χ0n) is 12.7. The van der Waals surface area contributed by atoms with Crippen LogP contribution >= 0.6 is 15.9 Å². The minimum absolute atomic E-state index is 0.0129. The van der Waals surface area contributed by atoms with Crippen molar-refractivity contribution in [2.24, 2.45) is 5.41 Å². The lowest BCUT2D eigenvalue weighted by Gasteiger charge is -2.42. The number of hydrogen-bond acceptors (Lipinski definition) is 4. The highest BCUT2D eigenvalue weighted by Crippen LogP contribution is 2.40. The maximum Gasteiger partial charge on any atom is 0.283 e. The molecule has 1 atom stereocenters. The first-order valence-electron chi connectivity index (χ1n) is 7.19. The van der Waals surface area contributed by atoms with Crippen LogP contribution < -0.4 is 5.32 Å². The maximum absolute atomic E-state index is 11.2. The molecule has 6 heteroatoms. The van der Waals surface area contributed by atoms with E-state index < -0.39 is 0 Å². The third-order valence-corrected chi connectivity index (χ3v) is 4.49. The molecule has 5 nitrogen and oxygen atoms in total. The Bertz CT molecular complexity index is 522. The van der Waals surface area contributed by atoms with Gasteiger partial charge >= 0.3 is 0 Å². The quantitative estimate of drug-likeness (QED) is 0.667. The van der Waals surface area contributed by atoms with Crippen molar-refractivity contribution in [3.05, 3.63) is 38.3 Å². The number of halogens is 1. The summed E-state index contributed by atoms with van der Waals surface area (Å²) in [5.74, 6) is 0. The molecule has 1 saturated heterocycles. The molecular weight excluding hydrogens is 334 g/mol. The monoisotopic (exact) mass is 355 g/mol. The van der Waals surface area contributed by atoms with E-state index in [2.05, 4.69) is 46.9 Å². The zero-order chi connectivity index (χ0) is 15.6. The number of hydrogen-bond donors (Lipinski definition) is 1. The molecule has 2 rings (SSSR count). The average Bonchev–Trinajstić information content (AvgIpc) is 2.40. The number of nitrogens with zero attached hydrogens (tertiary/aromatic N) is 2. The molecule has 1 aromatic carbocycles. The van der Waals surface area contributed by atoms with Gasteiger partial charge in [0.1, 0.15) is 0 Å². The summed E-state index contributed by atoms with van der Waals surface area (Å²) < 4.78 is 0.532. The second-order valence-corrected chi connectivity index (χ2v) is 7.38. The van der Waals surface area contributed by atoms with Gasteiger partial charge in [-0.1, -0.05) is 26.8 Å². The molecular formula is C15H22BrN3O2. The van der Waals surface area contributed by atoms with Crippen molar-refractivity contribution >= 4 is 21.6 Å². The van der Waals surface area contributed by atoms with Gasteiger partial charge in [-0.3, -0.25) is 15.0 Å². The topological polar surface area (TPSA) is 58.4 Å². The van der Waals surface area contributed by atoms with Crippen LogP contribution in [0.4, 0.5) is 5.69 Å². The molecule has 1 fully saturated rings. The third-order valence-electron chi connectivity index (χ3n) is 3.82. The molecule has 0 amide bonds. The number of nitrogens with one attached hydrogen (secondary N) is 1. The lowest BCUT2D eigenvalue weighted by Crippen LogP contribution is -2.48. The first kappa shape index (κ1) is 16.4. The average molecular weight is 356 g/mol. The van der Waals surface area contributed by atoms with E-state index in [9.17, 15) is 10.1 Å². The molecule has 1 heterocycles. The Hall–Kier alpha value is -0.980. The van der Waals surface area contributed by atoms with Crippen molar-refractivity contribution in [2.75, 3.05) is 26.2 Å². The number of piperazine rings is 1. The number of rotatable bonds is 3. The van der Waals surface area contributed by atoms with Crippen molar-refractivity contribution in [1.82, 2.24) is 10.2 Å². The molecule has 0 aliphatic carbocycles. The van der Waals surface area contributed by atoms with E-state index in [-0.39, 0.29) is 22.1 Å². The largest absolute Gasteiger partial charge is 0.314 e. The van der Waals surface area contributed by atoms with Crippen LogP contribution in [0.15, 0.2) is 22.7 Å². The van der Waals surface area contributed by atoms with Crippen molar-refractivity contribution < 1.29 is 4.92 Å². The standard InChI is InChI=1S/C15H22BrN3O2/c1-15(2,3)14(18-8-6-17-7-9-18)11-4-5-12(16)13(10-11)19(20)21/h4-5,10,14,17H,6-9H2,1-3H3/t14-/m0/s1. The molecule has 0 unspecified atom stereocenters. The highest BCUT2D eigenvalue weighted by molar-refractivity contribution is 9.10. The first-order valence-corrected chi connectivity index (χ1v) is 7.98. The van der Waals surface area contributed by atoms with E-state index >= 15 is 0 Å². The molecule has 0 saturated carbocycles. The summed E-state index contributed by atoms with van der Waals surface area (Å²) in [6.07, 6.45) is 0. The summed E-state index contributed by atoms with van der Waals surface area (Å²) in [6, 6.07) is 5.66. The van der Waals surface area contributed by atoms with Crippen LogP contribution in [0, 0.1) is 15.5 Å². The molecule has 0 bridgehead atoms. The minimum atomic E-state index is -0.328. The van der Waals surface area contributed by atoms with Gasteiger partial charge in [0.15, 0.2) is 0 Å². The molecule has 1 aliphatic heterocycles. The lowest BCUT2D eigenvalue weighted by atomic mass is 9.81. The maximum atomic E-state index is 11.2. The summed E-state index contributed by atoms with van der Waals surface area (Å²) in [6.45, 7) is 10.4. The fraction of sp³-hybridized carbons (Fsp3) is 0.600. The fourth-order valence-corrected chi connectivity index (χ4v) is 3.43. The predicted molar refractivity (Wildman–Crippen MR) is 87.4 cm³/mol. The molecule has 1 N–H and O–H groups in total. The first-order chi connectivity index (χ1) is 9.80. The highest BCUT2D eigenvalue weighted by Gasteiger charge is 2.33. The van der Waals surface area contributed by atoms with Gasteiger partial charge in [-0.25, -0.2) is 0 Å².